The molecule has 0 fully saturated rings. The largest absolute Gasteiger partial charge is 0.384 e. The van der Waals surface area contributed by atoms with Gasteiger partial charge in [0.15, 0.2) is 0 Å². The molecule has 0 bridgehead atoms. The van der Waals surface area contributed by atoms with Crippen molar-refractivity contribution in [2.24, 2.45) is 0 Å². The van der Waals surface area contributed by atoms with Crippen molar-refractivity contribution in [3.8, 4) is 0 Å². The minimum atomic E-state index is 0.639. The molecule has 64 valence electrons. The lowest BCUT2D eigenvalue weighted by atomic mass is 9.93. The highest BCUT2D eigenvalue weighted by molar-refractivity contribution is 6.33. The summed E-state index contributed by atoms with van der Waals surface area (Å²) in [6, 6.07) is 6.11. The Kier molecular flexibility index (Phi) is 1.97. The third-order valence-electron chi connectivity index (χ3n) is 2.46. The van der Waals surface area contributed by atoms with Crippen LogP contribution in [-0.4, -0.2) is 6.54 Å². The molecule has 1 N–H and O–H groups in total. The lowest BCUT2D eigenvalue weighted by Gasteiger charge is -2.24. The maximum absolute atomic E-state index is 6.04. The highest BCUT2D eigenvalue weighted by Crippen LogP contribution is 2.35. The van der Waals surface area contributed by atoms with Crippen LogP contribution < -0.4 is 5.32 Å². The van der Waals surface area contributed by atoms with Gasteiger partial charge in [0.05, 0.1) is 10.7 Å². The lowest BCUT2D eigenvalue weighted by Crippen LogP contribution is -2.14. The van der Waals surface area contributed by atoms with E-state index >= 15 is 0 Å². The molecular formula is C10H12ClN. The van der Waals surface area contributed by atoms with Crippen LogP contribution in [0.25, 0.3) is 0 Å². The van der Waals surface area contributed by atoms with Crippen molar-refractivity contribution in [1.82, 2.24) is 0 Å². The normalized spacial score (nSPS) is 21.3. The van der Waals surface area contributed by atoms with E-state index in [4.69, 9.17) is 11.6 Å². The zero-order valence-electron chi connectivity index (χ0n) is 7.10. The van der Waals surface area contributed by atoms with Crippen molar-refractivity contribution >= 4 is 17.3 Å². The van der Waals surface area contributed by atoms with Crippen LogP contribution in [-0.2, 0) is 0 Å². The molecule has 0 spiro atoms. The van der Waals surface area contributed by atoms with E-state index in [1.54, 1.807) is 0 Å². The molecule has 0 saturated heterocycles. The fourth-order valence-corrected chi connectivity index (χ4v) is 1.96. The third-order valence-corrected chi connectivity index (χ3v) is 2.77. The Hall–Kier alpha value is -0.690. The Bertz CT molecular complexity index is 296. The van der Waals surface area contributed by atoms with E-state index in [9.17, 15) is 0 Å². The van der Waals surface area contributed by atoms with E-state index in [0.717, 1.165) is 17.3 Å². The Labute approximate surface area is 77.7 Å². The summed E-state index contributed by atoms with van der Waals surface area (Å²) in [5, 5.41) is 4.18. The van der Waals surface area contributed by atoms with E-state index in [1.165, 1.54) is 12.0 Å². The second-order valence-electron chi connectivity index (χ2n) is 3.32. The molecule has 1 nitrogen and oxygen atoms in total. The number of fused-ring (bicyclic) bond motifs is 1. The van der Waals surface area contributed by atoms with Crippen molar-refractivity contribution in [3.05, 3.63) is 28.8 Å². The molecular weight excluding hydrogens is 170 g/mol. The number of anilines is 1. The van der Waals surface area contributed by atoms with E-state index in [2.05, 4.69) is 18.3 Å². The van der Waals surface area contributed by atoms with Crippen LogP contribution in [0.1, 0.15) is 24.8 Å². The van der Waals surface area contributed by atoms with Gasteiger partial charge in [-0.25, -0.2) is 0 Å². The van der Waals surface area contributed by atoms with Crippen molar-refractivity contribution in [2.45, 2.75) is 19.3 Å². The third kappa shape index (κ3) is 1.18. The van der Waals surface area contributed by atoms with Crippen molar-refractivity contribution < 1.29 is 0 Å². The Morgan fingerprint density at radius 3 is 3.08 bits per heavy atom. The number of benzene rings is 1. The highest BCUT2D eigenvalue weighted by atomic mass is 35.5. The van der Waals surface area contributed by atoms with Crippen molar-refractivity contribution in [1.29, 1.82) is 0 Å². The molecule has 1 aliphatic heterocycles. The van der Waals surface area contributed by atoms with Crippen LogP contribution in [0.15, 0.2) is 18.2 Å². The van der Waals surface area contributed by atoms with Gasteiger partial charge in [0.1, 0.15) is 0 Å². The molecule has 12 heavy (non-hydrogen) atoms. The van der Waals surface area contributed by atoms with Gasteiger partial charge in [-0.15, -0.1) is 0 Å². The molecule has 0 aliphatic carbocycles. The van der Waals surface area contributed by atoms with Gasteiger partial charge in [0, 0.05) is 6.54 Å². The van der Waals surface area contributed by atoms with Crippen LogP contribution in [0, 0.1) is 0 Å². The summed E-state index contributed by atoms with van der Waals surface area (Å²) in [5.74, 6) is 0.639. The van der Waals surface area contributed by atoms with Gasteiger partial charge in [-0.3, -0.25) is 0 Å². The van der Waals surface area contributed by atoms with Gasteiger partial charge in [0.2, 0.25) is 0 Å². The summed E-state index contributed by atoms with van der Waals surface area (Å²) in [5.41, 5.74) is 2.49. The maximum Gasteiger partial charge on any atom is 0.0640 e. The summed E-state index contributed by atoms with van der Waals surface area (Å²) >= 11 is 6.04. The molecule has 2 heteroatoms. The number of para-hydroxylation sites is 1. The molecule has 1 aromatic carbocycles. The van der Waals surface area contributed by atoms with E-state index in [1.807, 2.05) is 12.1 Å². The second kappa shape index (κ2) is 2.98. The van der Waals surface area contributed by atoms with Gasteiger partial charge in [-0.2, -0.15) is 0 Å². The second-order valence-corrected chi connectivity index (χ2v) is 3.73. The number of halogens is 1. The topological polar surface area (TPSA) is 12.0 Å². The molecule has 1 aliphatic rings. The zero-order chi connectivity index (χ0) is 8.55. The van der Waals surface area contributed by atoms with Gasteiger partial charge < -0.3 is 5.32 Å². The van der Waals surface area contributed by atoms with Crippen LogP contribution in [0.3, 0.4) is 0 Å². The molecule has 0 aromatic heterocycles. The summed E-state index contributed by atoms with van der Waals surface area (Å²) in [6.45, 7) is 3.29. The van der Waals surface area contributed by atoms with Crippen molar-refractivity contribution in [3.63, 3.8) is 0 Å². The van der Waals surface area contributed by atoms with Gasteiger partial charge in [-0.1, -0.05) is 30.7 Å². The summed E-state index contributed by atoms with van der Waals surface area (Å²) < 4.78 is 0. The monoisotopic (exact) mass is 181 g/mol. The minimum Gasteiger partial charge on any atom is -0.384 e. The molecule has 1 atom stereocenters. The number of hydrogen-bond donors (Lipinski definition) is 1. The summed E-state index contributed by atoms with van der Waals surface area (Å²) in [6.07, 6.45) is 1.20. The number of rotatable bonds is 0. The SMILES string of the molecule is CC1CCNc2c(Cl)cccc21. The quantitative estimate of drug-likeness (QED) is 0.648. The minimum absolute atomic E-state index is 0.639. The first-order valence-corrected chi connectivity index (χ1v) is 4.69. The number of hydrogen-bond acceptors (Lipinski definition) is 1. The predicted molar refractivity (Wildman–Crippen MR) is 53.0 cm³/mol. The highest BCUT2D eigenvalue weighted by Gasteiger charge is 2.16. The van der Waals surface area contributed by atoms with E-state index in [-0.39, 0.29) is 0 Å². The van der Waals surface area contributed by atoms with Crippen LogP contribution in [0.2, 0.25) is 5.02 Å². The molecule has 1 aromatic rings. The molecule has 2 rings (SSSR count). The maximum atomic E-state index is 6.04. The average Bonchev–Trinajstić information content (AvgIpc) is 2.07. The lowest BCUT2D eigenvalue weighted by molar-refractivity contribution is 0.684. The fraction of sp³-hybridized carbons (Fsp3) is 0.400. The molecule has 0 saturated carbocycles. The summed E-state index contributed by atoms with van der Waals surface area (Å²) in [4.78, 5) is 0. The first-order valence-electron chi connectivity index (χ1n) is 4.31. The van der Waals surface area contributed by atoms with Crippen LogP contribution >= 0.6 is 11.6 Å². The Morgan fingerprint density at radius 1 is 1.50 bits per heavy atom. The Morgan fingerprint density at radius 2 is 2.33 bits per heavy atom. The average molecular weight is 182 g/mol. The number of nitrogens with one attached hydrogen (secondary N) is 1. The predicted octanol–water partition coefficient (Wildman–Crippen LogP) is 3.26. The fourth-order valence-electron chi connectivity index (χ4n) is 1.71. The van der Waals surface area contributed by atoms with Gasteiger partial charge >= 0.3 is 0 Å². The van der Waals surface area contributed by atoms with E-state index < -0.39 is 0 Å². The first-order chi connectivity index (χ1) is 5.79. The molecule has 1 unspecified atom stereocenters. The molecule has 1 heterocycles. The summed E-state index contributed by atoms with van der Waals surface area (Å²) in [7, 11) is 0. The van der Waals surface area contributed by atoms with Gasteiger partial charge in [0.25, 0.3) is 0 Å². The Balaban J connectivity index is 2.52. The van der Waals surface area contributed by atoms with Gasteiger partial charge in [-0.05, 0) is 24.0 Å². The molecule has 0 radical (unpaired) electrons. The standard InChI is InChI=1S/C10H12ClN/c1-7-5-6-12-10-8(7)3-2-4-9(10)11/h2-4,7,12H,5-6H2,1H3. The first kappa shape index (κ1) is 7.93. The zero-order valence-corrected chi connectivity index (χ0v) is 7.86. The molecule has 0 amide bonds. The van der Waals surface area contributed by atoms with E-state index in [0.29, 0.717) is 5.92 Å². The van der Waals surface area contributed by atoms with Crippen LogP contribution in [0.5, 0.6) is 0 Å². The van der Waals surface area contributed by atoms with Crippen molar-refractivity contribution in [2.75, 3.05) is 11.9 Å². The smallest absolute Gasteiger partial charge is 0.0640 e. The van der Waals surface area contributed by atoms with Crippen LogP contribution in [0.4, 0.5) is 5.69 Å².